The summed E-state index contributed by atoms with van der Waals surface area (Å²) in [5.41, 5.74) is 0.729. The summed E-state index contributed by atoms with van der Waals surface area (Å²) in [5.74, 6) is 0. The Labute approximate surface area is 74.4 Å². The molecule has 0 atom stereocenters. The summed E-state index contributed by atoms with van der Waals surface area (Å²) in [4.78, 5) is 10.9. The van der Waals surface area contributed by atoms with Gasteiger partial charge in [0.1, 0.15) is 5.40 Å². The van der Waals surface area contributed by atoms with Gasteiger partial charge in [0, 0.05) is 10.6 Å². The third-order valence-electron chi connectivity index (χ3n) is 1.24. The summed E-state index contributed by atoms with van der Waals surface area (Å²) in [5, 5.41) is 12.8. The van der Waals surface area contributed by atoms with Crippen molar-refractivity contribution in [1.29, 1.82) is 5.26 Å². The van der Waals surface area contributed by atoms with E-state index in [0.717, 1.165) is 22.3 Å². The number of thioether (sulfide) groups is 1. The zero-order chi connectivity index (χ0) is 8.81. The molecule has 0 saturated heterocycles. The lowest BCUT2D eigenvalue weighted by Gasteiger charge is -1.97. The van der Waals surface area contributed by atoms with Gasteiger partial charge in [-0.1, -0.05) is 0 Å². The van der Waals surface area contributed by atoms with Crippen LogP contribution in [-0.4, -0.2) is 6.41 Å². The smallest absolute Gasteiger partial charge is 0.211 e. The average Bonchev–Trinajstić information content (AvgIpc) is 2.09. The summed E-state index contributed by atoms with van der Waals surface area (Å²) >= 11 is 1.09. The number of hydrogen-bond acceptors (Lipinski definition) is 3. The lowest BCUT2D eigenvalue weighted by molar-refractivity contribution is -0.105. The Bertz CT molecular complexity index is 302. The molecule has 1 aromatic carbocycles. The van der Waals surface area contributed by atoms with Crippen LogP contribution in [0.5, 0.6) is 0 Å². The summed E-state index contributed by atoms with van der Waals surface area (Å²) in [7, 11) is 0. The van der Waals surface area contributed by atoms with Gasteiger partial charge in [-0.15, -0.1) is 0 Å². The molecule has 0 bridgehead atoms. The number of thiocyanates is 1. The molecule has 1 N–H and O–H groups in total. The van der Waals surface area contributed by atoms with Gasteiger partial charge < -0.3 is 5.32 Å². The van der Waals surface area contributed by atoms with E-state index in [0.29, 0.717) is 6.41 Å². The van der Waals surface area contributed by atoms with Crippen molar-refractivity contribution in [3.05, 3.63) is 24.3 Å². The third kappa shape index (κ3) is 2.29. The Morgan fingerprint density at radius 1 is 1.42 bits per heavy atom. The Morgan fingerprint density at radius 3 is 2.58 bits per heavy atom. The van der Waals surface area contributed by atoms with E-state index < -0.39 is 0 Å². The highest BCUT2D eigenvalue weighted by Crippen LogP contribution is 2.18. The van der Waals surface area contributed by atoms with Crippen LogP contribution in [0.3, 0.4) is 0 Å². The van der Waals surface area contributed by atoms with Crippen molar-refractivity contribution in [3.63, 3.8) is 0 Å². The van der Waals surface area contributed by atoms with Gasteiger partial charge in [-0.05, 0) is 36.0 Å². The van der Waals surface area contributed by atoms with Crippen molar-refractivity contribution < 1.29 is 4.79 Å². The van der Waals surface area contributed by atoms with Crippen molar-refractivity contribution in [2.75, 3.05) is 5.32 Å². The summed E-state index contributed by atoms with van der Waals surface area (Å²) in [6.45, 7) is 0. The number of nitriles is 1. The van der Waals surface area contributed by atoms with Crippen LogP contribution in [0, 0.1) is 10.7 Å². The van der Waals surface area contributed by atoms with Gasteiger partial charge in [0.15, 0.2) is 0 Å². The van der Waals surface area contributed by atoms with Gasteiger partial charge in [0.25, 0.3) is 0 Å². The minimum absolute atomic E-state index is 0.618. The Morgan fingerprint density at radius 2 is 2.08 bits per heavy atom. The quantitative estimate of drug-likeness (QED) is 0.436. The predicted octanol–water partition coefficient (Wildman–Crippen LogP) is 1.83. The Kier molecular flexibility index (Phi) is 3.17. The molecule has 3 nitrogen and oxygen atoms in total. The molecule has 0 aliphatic heterocycles. The summed E-state index contributed by atoms with van der Waals surface area (Å²) < 4.78 is 0. The van der Waals surface area contributed by atoms with Crippen LogP contribution in [0.2, 0.25) is 0 Å². The number of hydrogen-bond donors (Lipinski definition) is 1. The number of benzene rings is 1. The fourth-order valence-corrected chi connectivity index (χ4v) is 1.12. The molecule has 0 unspecified atom stereocenters. The molecule has 0 fully saturated rings. The molecule has 1 aromatic rings. The molecule has 12 heavy (non-hydrogen) atoms. The molecular formula is C8H6N2OS. The van der Waals surface area contributed by atoms with Crippen LogP contribution < -0.4 is 5.32 Å². The lowest BCUT2D eigenvalue weighted by atomic mass is 10.3. The predicted molar refractivity (Wildman–Crippen MR) is 47.6 cm³/mol. The van der Waals surface area contributed by atoms with E-state index in [1.165, 1.54) is 0 Å². The van der Waals surface area contributed by atoms with Gasteiger partial charge >= 0.3 is 0 Å². The van der Waals surface area contributed by atoms with E-state index in [-0.39, 0.29) is 0 Å². The molecular weight excluding hydrogens is 172 g/mol. The molecule has 60 valence electrons. The number of amides is 1. The van der Waals surface area contributed by atoms with Crippen LogP contribution in [0.1, 0.15) is 0 Å². The first-order chi connectivity index (χ1) is 5.86. The number of nitrogens with zero attached hydrogens (tertiary/aromatic N) is 1. The molecule has 0 heterocycles. The van der Waals surface area contributed by atoms with Gasteiger partial charge in [0.2, 0.25) is 6.41 Å². The highest BCUT2D eigenvalue weighted by Gasteiger charge is 1.92. The summed E-state index contributed by atoms with van der Waals surface area (Å²) in [6.07, 6.45) is 0.618. The largest absolute Gasteiger partial charge is 0.329 e. The average molecular weight is 178 g/mol. The topological polar surface area (TPSA) is 52.9 Å². The van der Waals surface area contributed by atoms with Crippen LogP contribution >= 0.6 is 11.8 Å². The maximum absolute atomic E-state index is 10.0. The molecule has 4 heteroatoms. The minimum Gasteiger partial charge on any atom is -0.329 e. The van der Waals surface area contributed by atoms with Crippen molar-refractivity contribution in [1.82, 2.24) is 0 Å². The van der Waals surface area contributed by atoms with Crippen LogP contribution in [-0.2, 0) is 4.79 Å². The van der Waals surface area contributed by atoms with Gasteiger partial charge in [-0.25, -0.2) is 0 Å². The van der Waals surface area contributed by atoms with Gasteiger partial charge in [-0.2, -0.15) is 5.26 Å². The van der Waals surface area contributed by atoms with Crippen molar-refractivity contribution in [2.24, 2.45) is 0 Å². The Balaban J connectivity index is 2.72. The SMILES string of the molecule is N#CSc1ccc(NC=O)cc1. The normalized spacial score (nSPS) is 8.58. The van der Waals surface area contributed by atoms with Gasteiger partial charge in [0.05, 0.1) is 0 Å². The molecule has 0 radical (unpaired) electrons. The lowest BCUT2D eigenvalue weighted by Crippen LogP contribution is -1.92. The van der Waals surface area contributed by atoms with Crippen LogP contribution in [0.25, 0.3) is 0 Å². The first kappa shape index (κ1) is 8.62. The van der Waals surface area contributed by atoms with E-state index in [9.17, 15) is 4.79 Å². The highest BCUT2D eigenvalue weighted by molar-refractivity contribution is 8.03. The first-order valence-corrected chi connectivity index (χ1v) is 4.04. The number of nitrogens with one attached hydrogen (secondary N) is 1. The number of anilines is 1. The monoisotopic (exact) mass is 178 g/mol. The second kappa shape index (κ2) is 4.42. The minimum atomic E-state index is 0.618. The molecule has 0 aliphatic rings. The maximum Gasteiger partial charge on any atom is 0.211 e. The first-order valence-electron chi connectivity index (χ1n) is 3.23. The van der Waals surface area contributed by atoms with Crippen molar-refractivity contribution >= 4 is 23.9 Å². The molecule has 0 spiro atoms. The second-order valence-electron chi connectivity index (χ2n) is 1.98. The number of carbonyl (C=O) groups excluding carboxylic acids is 1. The van der Waals surface area contributed by atoms with E-state index in [1.807, 2.05) is 5.40 Å². The van der Waals surface area contributed by atoms with Crippen LogP contribution in [0.4, 0.5) is 5.69 Å². The molecule has 0 aliphatic carbocycles. The number of rotatable bonds is 3. The van der Waals surface area contributed by atoms with Crippen LogP contribution in [0.15, 0.2) is 29.2 Å². The van der Waals surface area contributed by atoms with E-state index in [2.05, 4.69) is 5.32 Å². The molecule has 1 rings (SSSR count). The van der Waals surface area contributed by atoms with Crippen molar-refractivity contribution in [3.8, 4) is 5.40 Å². The third-order valence-corrected chi connectivity index (χ3v) is 1.84. The van der Waals surface area contributed by atoms with E-state index in [1.54, 1.807) is 24.3 Å². The maximum atomic E-state index is 10.0. The highest BCUT2D eigenvalue weighted by atomic mass is 32.2. The van der Waals surface area contributed by atoms with Crippen molar-refractivity contribution in [2.45, 2.75) is 4.90 Å². The molecule has 0 saturated carbocycles. The number of carbonyl (C=O) groups is 1. The summed E-state index contributed by atoms with van der Waals surface area (Å²) in [6, 6.07) is 7.04. The van der Waals surface area contributed by atoms with E-state index >= 15 is 0 Å². The standard InChI is InChI=1S/C8H6N2OS/c9-5-12-8-3-1-7(2-4-8)10-6-11/h1-4,6H,(H,10,11). The zero-order valence-electron chi connectivity index (χ0n) is 6.15. The Hall–Kier alpha value is -1.47. The zero-order valence-corrected chi connectivity index (χ0v) is 6.97. The van der Waals surface area contributed by atoms with Gasteiger partial charge in [-0.3, -0.25) is 4.79 Å². The van der Waals surface area contributed by atoms with E-state index in [4.69, 9.17) is 5.26 Å². The molecule has 0 aromatic heterocycles. The fourth-order valence-electron chi connectivity index (χ4n) is 0.740. The fraction of sp³-hybridized carbons (Fsp3) is 0. The second-order valence-corrected chi connectivity index (χ2v) is 2.84. The molecule has 1 amide bonds.